The third kappa shape index (κ3) is 5.04. The zero-order chi connectivity index (χ0) is 17.5. The monoisotopic (exact) mass is 368 g/mol. The number of benzene rings is 2. The van der Waals surface area contributed by atoms with Crippen molar-refractivity contribution in [3.63, 3.8) is 0 Å². The van der Waals surface area contributed by atoms with Gasteiger partial charge in [-0.05, 0) is 36.4 Å². The Morgan fingerprint density at radius 3 is 2.21 bits per heavy atom. The van der Waals surface area contributed by atoms with E-state index >= 15 is 0 Å². The number of halogens is 2. The molecule has 0 aliphatic heterocycles. The van der Waals surface area contributed by atoms with Gasteiger partial charge in [-0.1, -0.05) is 29.3 Å². The maximum Gasteiger partial charge on any atom is 0.338 e. The molecule has 0 saturated carbocycles. The zero-order valence-electron chi connectivity index (χ0n) is 12.4. The number of hydrogen-bond donors (Lipinski definition) is 2. The number of carbonyl (C=O) groups is 2. The highest BCUT2D eigenvalue weighted by molar-refractivity contribution is 6.37. The molecule has 24 heavy (non-hydrogen) atoms. The second kappa shape index (κ2) is 8.42. The molecule has 126 valence electrons. The van der Waals surface area contributed by atoms with E-state index in [0.717, 1.165) is 0 Å². The highest BCUT2D eigenvalue weighted by atomic mass is 35.5. The Bertz CT molecular complexity index is 715. The van der Waals surface area contributed by atoms with Crippen LogP contribution in [0.25, 0.3) is 0 Å². The molecule has 2 aromatic rings. The quantitative estimate of drug-likeness (QED) is 0.600. The number of hydrogen-bond acceptors (Lipinski definition) is 4. The molecule has 2 aromatic carbocycles. The van der Waals surface area contributed by atoms with Gasteiger partial charge in [-0.25, -0.2) is 9.59 Å². The van der Waals surface area contributed by atoms with Crippen LogP contribution in [0.4, 0.5) is 10.5 Å². The molecule has 0 aromatic heterocycles. The number of urea groups is 1. The highest BCUT2D eigenvalue weighted by Gasteiger charge is 2.09. The first kappa shape index (κ1) is 17.9. The lowest BCUT2D eigenvalue weighted by atomic mass is 10.2. The Hall–Kier alpha value is -2.44. The number of nitrogens with one attached hydrogen (secondary N) is 1. The molecular formula is C16H14Cl2N2O4. The molecule has 0 radical (unpaired) electrons. The van der Waals surface area contributed by atoms with Crippen molar-refractivity contribution in [1.29, 1.82) is 0 Å². The van der Waals surface area contributed by atoms with E-state index in [1.165, 1.54) is 12.1 Å². The topological polar surface area (TPSA) is 90.7 Å². The number of ether oxygens (including phenoxy) is 2. The lowest BCUT2D eigenvalue weighted by Gasteiger charge is -2.10. The summed E-state index contributed by atoms with van der Waals surface area (Å²) in [5, 5.41) is 3.16. The van der Waals surface area contributed by atoms with E-state index in [9.17, 15) is 9.59 Å². The van der Waals surface area contributed by atoms with Gasteiger partial charge in [-0.15, -0.1) is 0 Å². The van der Waals surface area contributed by atoms with Crippen LogP contribution in [-0.2, 0) is 4.74 Å². The van der Waals surface area contributed by atoms with Crippen molar-refractivity contribution in [2.24, 2.45) is 5.73 Å². The lowest BCUT2D eigenvalue weighted by Crippen LogP contribution is -2.19. The second-order valence-electron chi connectivity index (χ2n) is 4.60. The number of primary amides is 1. The van der Waals surface area contributed by atoms with Crippen LogP contribution in [0.15, 0.2) is 42.5 Å². The van der Waals surface area contributed by atoms with Crippen molar-refractivity contribution >= 4 is 40.9 Å². The Morgan fingerprint density at radius 2 is 1.62 bits per heavy atom. The predicted molar refractivity (Wildman–Crippen MR) is 91.9 cm³/mol. The van der Waals surface area contributed by atoms with Gasteiger partial charge in [-0.2, -0.15) is 0 Å². The number of carbonyl (C=O) groups excluding carboxylic acids is 2. The zero-order valence-corrected chi connectivity index (χ0v) is 13.9. The summed E-state index contributed by atoms with van der Waals surface area (Å²) in [4.78, 5) is 22.6. The molecule has 0 heterocycles. The van der Waals surface area contributed by atoms with Crippen molar-refractivity contribution in [1.82, 2.24) is 0 Å². The summed E-state index contributed by atoms with van der Waals surface area (Å²) < 4.78 is 10.5. The van der Waals surface area contributed by atoms with Crippen LogP contribution in [0, 0.1) is 0 Å². The fourth-order valence-corrected chi connectivity index (χ4v) is 2.32. The number of rotatable bonds is 6. The SMILES string of the molecule is NC(=O)Nc1ccc(C(=O)OCCOc2c(Cl)cccc2Cl)cc1. The van der Waals surface area contributed by atoms with Crippen molar-refractivity contribution in [3.05, 3.63) is 58.1 Å². The number of esters is 1. The molecule has 6 nitrogen and oxygen atoms in total. The van der Waals surface area contributed by atoms with Crippen LogP contribution in [0.5, 0.6) is 5.75 Å². The molecule has 8 heteroatoms. The molecule has 0 bridgehead atoms. The summed E-state index contributed by atoms with van der Waals surface area (Å²) >= 11 is 11.9. The molecule has 0 aliphatic carbocycles. The largest absolute Gasteiger partial charge is 0.487 e. The first-order valence-electron chi connectivity index (χ1n) is 6.88. The molecule has 0 fully saturated rings. The van der Waals surface area contributed by atoms with Gasteiger partial charge in [0.1, 0.15) is 13.2 Å². The lowest BCUT2D eigenvalue weighted by molar-refractivity contribution is 0.0450. The Labute approximate surface area is 148 Å². The number of nitrogens with two attached hydrogens (primary N) is 1. The van der Waals surface area contributed by atoms with Gasteiger partial charge < -0.3 is 20.5 Å². The van der Waals surface area contributed by atoms with Crippen molar-refractivity contribution in [2.75, 3.05) is 18.5 Å². The predicted octanol–water partition coefficient (Wildman–Crippen LogP) is 3.72. The third-order valence-corrected chi connectivity index (χ3v) is 3.47. The van der Waals surface area contributed by atoms with E-state index in [2.05, 4.69) is 5.32 Å². The number of para-hydroxylation sites is 1. The summed E-state index contributed by atoms with van der Waals surface area (Å²) in [5.74, 6) is -0.173. The molecule has 0 atom stereocenters. The average molecular weight is 369 g/mol. The minimum atomic E-state index is -0.680. The molecule has 2 amide bonds. The van der Waals surface area contributed by atoms with Crippen LogP contribution >= 0.6 is 23.2 Å². The van der Waals surface area contributed by atoms with Crippen molar-refractivity contribution in [3.8, 4) is 5.75 Å². The molecule has 2 rings (SSSR count). The maximum atomic E-state index is 11.9. The van der Waals surface area contributed by atoms with E-state index in [-0.39, 0.29) is 13.2 Å². The van der Waals surface area contributed by atoms with Gasteiger partial charge in [0.05, 0.1) is 15.6 Å². The summed E-state index contributed by atoms with van der Waals surface area (Å²) in [5.41, 5.74) is 5.81. The molecule has 0 unspecified atom stereocenters. The molecule has 0 saturated heterocycles. The Kier molecular flexibility index (Phi) is 6.28. The summed E-state index contributed by atoms with van der Waals surface area (Å²) in [6.07, 6.45) is 0. The first-order valence-corrected chi connectivity index (χ1v) is 7.63. The fraction of sp³-hybridized carbons (Fsp3) is 0.125. The van der Waals surface area contributed by atoms with Gasteiger partial charge in [-0.3, -0.25) is 0 Å². The minimum Gasteiger partial charge on any atom is -0.487 e. The highest BCUT2D eigenvalue weighted by Crippen LogP contribution is 2.32. The Morgan fingerprint density at radius 1 is 1.00 bits per heavy atom. The van der Waals surface area contributed by atoms with Crippen LogP contribution in [0.3, 0.4) is 0 Å². The van der Waals surface area contributed by atoms with E-state index in [1.54, 1.807) is 30.3 Å². The number of anilines is 1. The fourth-order valence-electron chi connectivity index (χ4n) is 1.81. The molecule has 0 spiro atoms. The molecule has 3 N–H and O–H groups in total. The smallest absolute Gasteiger partial charge is 0.338 e. The van der Waals surface area contributed by atoms with Crippen LogP contribution in [-0.4, -0.2) is 25.2 Å². The normalized spacial score (nSPS) is 10.1. The standard InChI is InChI=1S/C16H14Cl2N2O4/c17-12-2-1-3-13(18)14(12)23-8-9-24-15(21)10-4-6-11(7-5-10)20-16(19)22/h1-7H,8-9H2,(H3,19,20,22). The van der Waals surface area contributed by atoms with Crippen LogP contribution in [0.1, 0.15) is 10.4 Å². The van der Waals surface area contributed by atoms with Crippen molar-refractivity contribution in [2.45, 2.75) is 0 Å². The summed E-state index contributed by atoms with van der Waals surface area (Å²) in [6.45, 7) is 0.137. The molecule has 0 aliphatic rings. The second-order valence-corrected chi connectivity index (χ2v) is 5.42. The summed E-state index contributed by atoms with van der Waals surface area (Å²) in [6, 6.07) is 10.4. The van der Waals surface area contributed by atoms with Crippen LogP contribution < -0.4 is 15.8 Å². The Balaban J connectivity index is 1.82. The van der Waals surface area contributed by atoms with Crippen molar-refractivity contribution < 1.29 is 19.1 Å². The maximum absolute atomic E-state index is 11.9. The van der Waals surface area contributed by atoms with Crippen LogP contribution in [0.2, 0.25) is 10.0 Å². The minimum absolute atomic E-state index is 0.0294. The first-order chi connectivity index (χ1) is 11.5. The summed E-state index contributed by atoms with van der Waals surface area (Å²) in [7, 11) is 0. The van der Waals surface area contributed by atoms with Gasteiger partial charge in [0.2, 0.25) is 0 Å². The third-order valence-electron chi connectivity index (χ3n) is 2.87. The average Bonchev–Trinajstić information content (AvgIpc) is 2.53. The van der Waals surface area contributed by atoms with Gasteiger partial charge in [0.15, 0.2) is 5.75 Å². The number of amides is 2. The van der Waals surface area contributed by atoms with E-state index < -0.39 is 12.0 Å². The van der Waals surface area contributed by atoms with E-state index in [0.29, 0.717) is 27.0 Å². The van der Waals surface area contributed by atoms with E-state index in [4.69, 9.17) is 38.4 Å². The van der Waals surface area contributed by atoms with Gasteiger partial charge >= 0.3 is 12.0 Å². The van der Waals surface area contributed by atoms with Gasteiger partial charge in [0.25, 0.3) is 0 Å². The van der Waals surface area contributed by atoms with Gasteiger partial charge in [0, 0.05) is 5.69 Å². The van der Waals surface area contributed by atoms with E-state index in [1.807, 2.05) is 0 Å². The molecular weight excluding hydrogens is 355 g/mol.